The zero-order valence-electron chi connectivity index (χ0n) is 22.5. The SMILES string of the molecule is CCN(C)C(=O)c1cc(Oc2ccc(NC(=O)Nc3cc(C(C)(C)C)nn3-c3ccc(Cl)cc3)cc2)ccn1. The van der Waals surface area contributed by atoms with Gasteiger partial charge in [-0.3, -0.25) is 15.1 Å². The number of ether oxygens (including phenoxy) is 1. The number of pyridine rings is 1. The van der Waals surface area contributed by atoms with Crippen LogP contribution in [0.3, 0.4) is 0 Å². The van der Waals surface area contributed by atoms with Crippen LogP contribution in [0.5, 0.6) is 11.5 Å². The standard InChI is InChI=1S/C29H31ClN6O3/c1-6-35(5)27(37)24-17-23(15-16-31-24)39-22-13-9-20(10-14-22)32-28(38)33-26-18-25(29(2,3)4)34-36(26)21-11-7-19(30)8-12-21/h7-18H,6H2,1-5H3,(H2,32,33,38). The van der Waals surface area contributed by atoms with Crippen molar-refractivity contribution in [2.24, 2.45) is 0 Å². The molecular formula is C29H31ClN6O3. The quantitative estimate of drug-likeness (QED) is 0.267. The molecule has 2 aromatic carbocycles. The molecule has 2 heterocycles. The first-order valence-electron chi connectivity index (χ1n) is 12.5. The number of carbonyl (C=O) groups is 2. The van der Waals surface area contributed by atoms with Crippen LogP contribution in [0.4, 0.5) is 16.3 Å². The lowest BCUT2D eigenvalue weighted by Gasteiger charge is -2.14. The van der Waals surface area contributed by atoms with Crippen molar-refractivity contribution in [1.82, 2.24) is 19.7 Å². The number of anilines is 2. The molecule has 2 N–H and O–H groups in total. The number of urea groups is 1. The third-order valence-electron chi connectivity index (χ3n) is 5.91. The normalized spacial score (nSPS) is 11.1. The van der Waals surface area contributed by atoms with Crippen molar-refractivity contribution in [3.8, 4) is 17.2 Å². The lowest BCUT2D eigenvalue weighted by molar-refractivity contribution is 0.0796. The first-order valence-corrected chi connectivity index (χ1v) is 12.8. The van der Waals surface area contributed by atoms with E-state index in [4.69, 9.17) is 21.4 Å². The summed E-state index contributed by atoms with van der Waals surface area (Å²) in [4.78, 5) is 31.0. The summed E-state index contributed by atoms with van der Waals surface area (Å²) in [6.07, 6.45) is 1.53. The van der Waals surface area contributed by atoms with Crippen LogP contribution in [0.2, 0.25) is 5.02 Å². The largest absolute Gasteiger partial charge is 0.457 e. The molecule has 0 unspecified atom stereocenters. The summed E-state index contributed by atoms with van der Waals surface area (Å²) >= 11 is 6.05. The third-order valence-corrected chi connectivity index (χ3v) is 6.16. The lowest BCUT2D eigenvalue weighted by Crippen LogP contribution is -2.26. The molecule has 0 aliphatic carbocycles. The zero-order chi connectivity index (χ0) is 28.2. The predicted octanol–water partition coefficient (Wildman–Crippen LogP) is 6.75. The summed E-state index contributed by atoms with van der Waals surface area (Å²) in [5.41, 5.74) is 2.27. The maximum Gasteiger partial charge on any atom is 0.324 e. The highest BCUT2D eigenvalue weighted by atomic mass is 35.5. The second-order valence-corrected chi connectivity index (χ2v) is 10.4. The molecule has 0 spiro atoms. The number of aromatic nitrogens is 3. The highest BCUT2D eigenvalue weighted by Crippen LogP contribution is 2.27. The monoisotopic (exact) mass is 546 g/mol. The number of carbonyl (C=O) groups excluding carboxylic acids is 2. The zero-order valence-corrected chi connectivity index (χ0v) is 23.3. The molecule has 0 fully saturated rings. The van der Waals surface area contributed by atoms with Crippen LogP contribution in [0, 0.1) is 0 Å². The lowest BCUT2D eigenvalue weighted by atomic mass is 9.92. The van der Waals surface area contributed by atoms with E-state index in [9.17, 15) is 9.59 Å². The fourth-order valence-corrected chi connectivity index (χ4v) is 3.69. The summed E-state index contributed by atoms with van der Waals surface area (Å²) in [6, 6.07) is 18.9. The fourth-order valence-electron chi connectivity index (χ4n) is 3.57. The summed E-state index contributed by atoms with van der Waals surface area (Å²) in [6.45, 7) is 8.65. The molecule has 9 nitrogen and oxygen atoms in total. The Labute approximate surface area is 232 Å². The van der Waals surface area contributed by atoms with Crippen molar-refractivity contribution < 1.29 is 14.3 Å². The molecule has 0 bridgehead atoms. The molecular weight excluding hydrogens is 516 g/mol. The molecule has 0 atom stereocenters. The van der Waals surface area contributed by atoms with Crippen molar-refractivity contribution in [3.05, 3.63) is 89.3 Å². The van der Waals surface area contributed by atoms with E-state index in [1.54, 1.807) is 65.2 Å². The van der Waals surface area contributed by atoms with Gasteiger partial charge in [0.15, 0.2) is 0 Å². The number of halogens is 1. The minimum Gasteiger partial charge on any atom is -0.457 e. The van der Waals surface area contributed by atoms with Crippen LogP contribution in [0.25, 0.3) is 5.69 Å². The highest BCUT2D eigenvalue weighted by Gasteiger charge is 2.21. The Balaban J connectivity index is 1.44. The van der Waals surface area contributed by atoms with Gasteiger partial charge >= 0.3 is 6.03 Å². The van der Waals surface area contributed by atoms with E-state index >= 15 is 0 Å². The van der Waals surface area contributed by atoms with E-state index in [-0.39, 0.29) is 11.3 Å². The third kappa shape index (κ3) is 6.94. The Kier molecular flexibility index (Phi) is 8.21. The summed E-state index contributed by atoms with van der Waals surface area (Å²) < 4.78 is 7.57. The molecule has 2 aromatic heterocycles. The number of benzene rings is 2. The van der Waals surface area contributed by atoms with Gasteiger partial charge in [0.1, 0.15) is 23.0 Å². The Bertz CT molecular complexity index is 1460. The average Bonchev–Trinajstić information content (AvgIpc) is 3.33. The van der Waals surface area contributed by atoms with Gasteiger partial charge in [-0.2, -0.15) is 5.10 Å². The van der Waals surface area contributed by atoms with Gasteiger partial charge in [-0.05, 0) is 61.5 Å². The van der Waals surface area contributed by atoms with Gasteiger partial charge in [-0.1, -0.05) is 32.4 Å². The van der Waals surface area contributed by atoms with Gasteiger partial charge in [0, 0.05) is 48.0 Å². The summed E-state index contributed by atoms with van der Waals surface area (Å²) in [5.74, 6) is 1.38. The second kappa shape index (κ2) is 11.6. The molecule has 0 saturated carbocycles. The highest BCUT2D eigenvalue weighted by molar-refractivity contribution is 6.30. The molecule has 0 aliphatic heterocycles. The summed E-state index contributed by atoms with van der Waals surface area (Å²) in [7, 11) is 1.72. The van der Waals surface area contributed by atoms with Crippen molar-refractivity contribution >= 4 is 35.0 Å². The Morgan fingerprint density at radius 3 is 2.31 bits per heavy atom. The van der Waals surface area contributed by atoms with Gasteiger partial charge in [0.05, 0.1) is 11.4 Å². The van der Waals surface area contributed by atoms with Crippen LogP contribution < -0.4 is 15.4 Å². The second-order valence-electron chi connectivity index (χ2n) is 9.95. The maximum atomic E-state index is 12.9. The molecule has 39 heavy (non-hydrogen) atoms. The van der Waals surface area contributed by atoms with E-state index in [1.165, 1.54) is 6.20 Å². The van der Waals surface area contributed by atoms with Crippen molar-refractivity contribution in [1.29, 1.82) is 0 Å². The first-order chi connectivity index (χ1) is 18.5. The number of rotatable bonds is 7. The molecule has 4 rings (SSSR count). The van der Waals surface area contributed by atoms with E-state index in [2.05, 4.69) is 36.4 Å². The number of nitrogens with one attached hydrogen (secondary N) is 2. The number of hydrogen-bond donors (Lipinski definition) is 2. The minimum absolute atomic E-state index is 0.180. The molecule has 0 saturated heterocycles. The van der Waals surface area contributed by atoms with Crippen molar-refractivity contribution in [2.45, 2.75) is 33.1 Å². The average molecular weight is 547 g/mol. The van der Waals surface area contributed by atoms with Gasteiger partial charge in [0.25, 0.3) is 5.91 Å². The van der Waals surface area contributed by atoms with Gasteiger partial charge < -0.3 is 15.0 Å². The first kappa shape index (κ1) is 27.7. The fraction of sp³-hybridized carbons (Fsp3) is 0.241. The molecule has 4 aromatic rings. The Morgan fingerprint density at radius 1 is 0.974 bits per heavy atom. The van der Waals surface area contributed by atoms with Crippen LogP contribution in [-0.4, -0.2) is 45.2 Å². The van der Waals surface area contributed by atoms with E-state index in [0.717, 1.165) is 11.4 Å². The van der Waals surface area contributed by atoms with Gasteiger partial charge in [0.2, 0.25) is 0 Å². The van der Waals surface area contributed by atoms with Gasteiger partial charge in [-0.25, -0.2) is 9.48 Å². The molecule has 0 radical (unpaired) electrons. The molecule has 202 valence electrons. The molecule has 10 heteroatoms. The van der Waals surface area contributed by atoms with E-state index in [1.807, 2.05) is 25.1 Å². The molecule has 0 aliphatic rings. The molecule has 3 amide bonds. The van der Waals surface area contributed by atoms with Gasteiger partial charge in [-0.15, -0.1) is 0 Å². The number of nitrogens with zero attached hydrogens (tertiary/aromatic N) is 4. The smallest absolute Gasteiger partial charge is 0.324 e. The van der Waals surface area contributed by atoms with Crippen LogP contribution in [-0.2, 0) is 5.41 Å². The number of amides is 3. The van der Waals surface area contributed by atoms with Crippen LogP contribution in [0.15, 0.2) is 72.9 Å². The predicted molar refractivity (Wildman–Crippen MR) is 153 cm³/mol. The summed E-state index contributed by atoms with van der Waals surface area (Å²) in [5, 5.41) is 11.1. The van der Waals surface area contributed by atoms with Crippen molar-refractivity contribution in [2.75, 3.05) is 24.2 Å². The van der Waals surface area contributed by atoms with E-state index < -0.39 is 6.03 Å². The van der Waals surface area contributed by atoms with Crippen LogP contribution >= 0.6 is 11.6 Å². The van der Waals surface area contributed by atoms with E-state index in [0.29, 0.717) is 40.3 Å². The Morgan fingerprint density at radius 2 is 1.67 bits per heavy atom. The maximum absolute atomic E-state index is 12.9. The Hall–Kier alpha value is -4.37. The topological polar surface area (TPSA) is 101 Å². The van der Waals surface area contributed by atoms with Crippen LogP contribution in [0.1, 0.15) is 43.9 Å². The minimum atomic E-state index is -0.420. The number of hydrogen-bond acceptors (Lipinski definition) is 5. The van der Waals surface area contributed by atoms with Crippen molar-refractivity contribution in [3.63, 3.8) is 0 Å².